The van der Waals surface area contributed by atoms with E-state index in [2.05, 4.69) is 16.9 Å². The number of nitrogens with zero attached hydrogens (tertiary/aromatic N) is 3. The number of aromatic carboxylic acids is 1. The molecule has 0 aliphatic rings. The highest BCUT2D eigenvalue weighted by Gasteiger charge is 2.12. The van der Waals surface area contributed by atoms with Gasteiger partial charge in [-0.25, -0.2) is 14.8 Å². The first-order chi connectivity index (χ1) is 8.63. The Labute approximate surface area is 104 Å². The van der Waals surface area contributed by atoms with E-state index >= 15 is 0 Å². The zero-order chi connectivity index (χ0) is 13.1. The number of aryl methyl sites for hydroxylation is 1. The highest BCUT2D eigenvalue weighted by Crippen LogP contribution is 2.16. The SMILES string of the molecule is CCCc1nccn1-c1cc(C(=O)O)c(N)cn1. The number of aromatic nitrogens is 3. The molecule has 0 atom stereocenters. The lowest BCUT2D eigenvalue weighted by molar-refractivity contribution is 0.0698. The van der Waals surface area contributed by atoms with Crippen LogP contribution in [0.25, 0.3) is 5.82 Å². The molecule has 6 heteroatoms. The first-order valence-corrected chi connectivity index (χ1v) is 5.65. The monoisotopic (exact) mass is 246 g/mol. The largest absolute Gasteiger partial charge is 0.478 e. The van der Waals surface area contributed by atoms with Gasteiger partial charge in [0, 0.05) is 18.8 Å². The predicted molar refractivity (Wildman–Crippen MR) is 66.7 cm³/mol. The highest BCUT2D eigenvalue weighted by molar-refractivity contribution is 5.93. The molecule has 0 radical (unpaired) electrons. The maximum Gasteiger partial charge on any atom is 0.337 e. The molecule has 0 aliphatic heterocycles. The van der Waals surface area contributed by atoms with Crippen LogP contribution in [0.15, 0.2) is 24.7 Å². The molecule has 0 bridgehead atoms. The van der Waals surface area contributed by atoms with Crippen molar-refractivity contribution < 1.29 is 9.90 Å². The summed E-state index contributed by atoms with van der Waals surface area (Å²) in [4.78, 5) is 19.4. The van der Waals surface area contributed by atoms with Crippen LogP contribution in [-0.4, -0.2) is 25.6 Å². The van der Waals surface area contributed by atoms with Gasteiger partial charge in [0.2, 0.25) is 0 Å². The summed E-state index contributed by atoms with van der Waals surface area (Å²) in [5, 5.41) is 9.03. The van der Waals surface area contributed by atoms with Crippen LogP contribution in [0.2, 0.25) is 0 Å². The maximum atomic E-state index is 11.0. The van der Waals surface area contributed by atoms with Gasteiger partial charge in [0.05, 0.1) is 17.4 Å². The molecule has 0 spiro atoms. The van der Waals surface area contributed by atoms with Crippen molar-refractivity contribution in [3.8, 4) is 5.82 Å². The summed E-state index contributed by atoms with van der Waals surface area (Å²) in [5.74, 6) is 0.307. The summed E-state index contributed by atoms with van der Waals surface area (Å²) >= 11 is 0. The molecule has 6 nitrogen and oxygen atoms in total. The van der Waals surface area contributed by atoms with Gasteiger partial charge in [-0.1, -0.05) is 6.92 Å². The molecule has 2 rings (SSSR count). The van der Waals surface area contributed by atoms with E-state index in [1.807, 2.05) is 0 Å². The van der Waals surface area contributed by atoms with E-state index in [0.29, 0.717) is 5.82 Å². The van der Waals surface area contributed by atoms with Crippen LogP contribution in [0.3, 0.4) is 0 Å². The van der Waals surface area contributed by atoms with Crippen LogP contribution in [0.5, 0.6) is 0 Å². The van der Waals surface area contributed by atoms with E-state index in [-0.39, 0.29) is 11.3 Å². The van der Waals surface area contributed by atoms with Gasteiger partial charge in [0.15, 0.2) is 0 Å². The summed E-state index contributed by atoms with van der Waals surface area (Å²) in [6.45, 7) is 2.05. The fourth-order valence-electron chi connectivity index (χ4n) is 1.72. The number of carbonyl (C=O) groups is 1. The molecule has 2 heterocycles. The Hall–Kier alpha value is -2.37. The topological polar surface area (TPSA) is 94.0 Å². The number of nitrogens with two attached hydrogens (primary N) is 1. The Morgan fingerprint density at radius 2 is 2.28 bits per heavy atom. The van der Waals surface area contributed by atoms with E-state index in [1.54, 1.807) is 17.0 Å². The fourth-order valence-corrected chi connectivity index (χ4v) is 1.72. The Morgan fingerprint density at radius 1 is 1.50 bits per heavy atom. The highest BCUT2D eigenvalue weighted by atomic mass is 16.4. The second kappa shape index (κ2) is 4.87. The molecule has 3 N–H and O–H groups in total. The minimum absolute atomic E-state index is 0.0520. The van der Waals surface area contributed by atoms with Crippen molar-refractivity contribution in [3.63, 3.8) is 0 Å². The first kappa shape index (κ1) is 12.1. The Bertz CT molecular complexity index is 577. The number of rotatable bonds is 4. The molecule has 0 saturated carbocycles. The van der Waals surface area contributed by atoms with Gasteiger partial charge in [-0.2, -0.15) is 0 Å². The molecule has 94 valence electrons. The Balaban J connectivity index is 2.47. The van der Waals surface area contributed by atoms with Crippen LogP contribution >= 0.6 is 0 Å². The number of hydrogen-bond donors (Lipinski definition) is 2. The smallest absolute Gasteiger partial charge is 0.337 e. The first-order valence-electron chi connectivity index (χ1n) is 5.65. The number of anilines is 1. The number of carboxylic acid groups (broad SMARTS) is 1. The second-order valence-electron chi connectivity index (χ2n) is 3.90. The molecule has 2 aromatic rings. The molecule has 0 amide bonds. The molecule has 0 aromatic carbocycles. The molecular formula is C12H14N4O2. The minimum atomic E-state index is -1.06. The number of carboxylic acids is 1. The molecular weight excluding hydrogens is 232 g/mol. The quantitative estimate of drug-likeness (QED) is 0.852. The van der Waals surface area contributed by atoms with Gasteiger partial charge in [0.25, 0.3) is 0 Å². The molecule has 18 heavy (non-hydrogen) atoms. The summed E-state index contributed by atoms with van der Waals surface area (Å²) in [7, 11) is 0. The lowest BCUT2D eigenvalue weighted by atomic mass is 10.2. The van der Waals surface area contributed by atoms with Gasteiger partial charge in [-0.15, -0.1) is 0 Å². The second-order valence-corrected chi connectivity index (χ2v) is 3.90. The number of imidazole rings is 1. The average molecular weight is 246 g/mol. The zero-order valence-corrected chi connectivity index (χ0v) is 10.00. The van der Waals surface area contributed by atoms with Crippen molar-refractivity contribution in [1.82, 2.24) is 14.5 Å². The fraction of sp³-hybridized carbons (Fsp3) is 0.250. The van der Waals surface area contributed by atoms with Crippen molar-refractivity contribution in [2.45, 2.75) is 19.8 Å². The molecule has 0 aliphatic carbocycles. The molecule has 0 fully saturated rings. The summed E-state index contributed by atoms with van der Waals surface area (Å²) in [6, 6.07) is 1.46. The van der Waals surface area contributed by atoms with Crippen LogP contribution in [-0.2, 0) is 6.42 Å². The van der Waals surface area contributed by atoms with Gasteiger partial charge in [-0.3, -0.25) is 4.57 Å². The van der Waals surface area contributed by atoms with Crippen molar-refractivity contribution in [2.24, 2.45) is 0 Å². The molecule has 0 saturated heterocycles. The predicted octanol–water partition coefficient (Wildman–Crippen LogP) is 1.50. The normalized spacial score (nSPS) is 10.5. The third-order valence-corrected chi connectivity index (χ3v) is 2.59. The summed E-state index contributed by atoms with van der Waals surface area (Å²) < 4.78 is 1.77. The summed E-state index contributed by atoms with van der Waals surface area (Å²) in [6.07, 6.45) is 6.55. The molecule has 0 unspecified atom stereocenters. The van der Waals surface area contributed by atoms with E-state index in [0.717, 1.165) is 18.7 Å². The lowest BCUT2D eigenvalue weighted by Crippen LogP contribution is -2.08. The Kier molecular flexibility index (Phi) is 3.27. The van der Waals surface area contributed by atoms with Crippen molar-refractivity contribution >= 4 is 11.7 Å². The van der Waals surface area contributed by atoms with Gasteiger partial charge in [0.1, 0.15) is 11.6 Å². The van der Waals surface area contributed by atoms with E-state index < -0.39 is 5.97 Å². The maximum absolute atomic E-state index is 11.0. The number of hydrogen-bond acceptors (Lipinski definition) is 4. The summed E-state index contributed by atoms with van der Waals surface area (Å²) in [5.41, 5.74) is 5.78. The van der Waals surface area contributed by atoms with Gasteiger partial charge < -0.3 is 10.8 Å². The van der Waals surface area contributed by atoms with E-state index in [4.69, 9.17) is 10.8 Å². The standard InChI is InChI=1S/C12H14N4O2/c1-2-3-10-14-4-5-16(10)11-6-8(12(17)18)9(13)7-15-11/h4-7H,2-3,13H2,1H3,(H,17,18). The zero-order valence-electron chi connectivity index (χ0n) is 10.00. The Morgan fingerprint density at radius 3 is 2.94 bits per heavy atom. The van der Waals surface area contributed by atoms with Crippen LogP contribution in [0.4, 0.5) is 5.69 Å². The van der Waals surface area contributed by atoms with Gasteiger partial charge >= 0.3 is 5.97 Å². The van der Waals surface area contributed by atoms with Crippen molar-refractivity contribution in [2.75, 3.05) is 5.73 Å². The van der Waals surface area contributed by atoms with Gasteiger partial charge in [-0.05, 0) is 12.5 Å². The van der Waals surface area contributed by atoms with Crippen LogP contribution in [0, 0.1) is 0 Å². The van der Waals surface area contributed by atoms with E-state index in [9.17, 15) is 4.79 Å². The average Bonchev–Trinajstić information content (AvgIpc) is 2.78. The van der Waals surface area contributed by atoms with E-state index in [1.165, 1.54) is 12.3 Å². The van der Waals surface area contributed by atoms with Crippen LogP contribution in [0.1, 0.15) is 29.5 Å². The number of pyridine rings is 1. The van der Waals surface area contributed by atoms with Crippen molar-refractivity contribution in [3.05, 3.63) is 36.0 Å². The molecule has 2 aromatic heterocycles. The third kappa shape index (κ3) is 2.17. The van der Waals surface area contributed by atoms with Crippen molar-refractivity contribution in [1.29, 1.82) is 0 Å². The lowest BCUT2D eigenvalue weighted by Gasteiger charge is -2.08. The third-order valence-electron chi connectivity index (χ3n) is 2.59. The minimum Gasteiger partial charge on any atom is -0.478 e. The van der Waals surface area contributed by atoms with Crippen LogP contribution < -0.4 is 5.73 Å². The number of nitrogen functional groups attached to an aromatic ring is 1.